The molecule has 1 aliphatic heterocycles. The molecule has 1 aromatic rings. The highest BCUT2D eigenvalue weighted by Crippen LogP contribution is 2.16. The van der Waals surface area contributed by atoms with Crippen molar-refractivity contribution < 1.29 is 26.0 Å². The van der Waals surface area contributed by atoms with Crippen molar-refractivity contribution in [1.29, 1.82) is 0 Å². The van der Waals surface area contributed by atoms with E-state index in [4.69, 9.17) is 0 Å². The van der Waals surface area contributed by atoms with E-state index in [9.17, 15) is 26.0 Å². The van der Waals surface area contributed by atoms with Crippen molar-refractivity contribution in [1.82, 2.24) is 14.3 Å². The van der Waals surface area contributed by atoms with Crippen LogP contribution >= 0.6 is 0 Å². The molecule has 1 amide bonds. The number of likely N-dealkylation sites (tertiary alicyclic amines) is 1. The van der Waals surface area contributed by atoms with Gasteiger partial charge in [0.25, 0.3) is 0 Å². The maximum Gasteiger partial charge on any atom is 0.244 e. The summed E-state index contributed by atoms with van der Waals surface area (Å²) in [5.41, 5.74) is 0. The SMILES string of the molecule is CCCS(=O)(=O)NC1CCN(C(=O)[C@H](C)NS(=O)(=O)c2ccccc2F)CC1. The van der Waals surface area contributed by atoms with Crippen LogP contribution in [0.5, 0.6) is 0 Å². The molecule has 0 saturated carbocycles. The molecule has 1 heterocycles. The lowest BCUT2D eigenvalue weighted by atomic mass is 10.1. The number of carbonyl (C=O) groups excluding carboxylic acids is 1. The van der Waals surface area contributed by atoms with Gasteiger partial charge in [-0.2, -0.15) is 4.72 Å². The average molecular weight is 436 g/mol. The quantitative estimate of drug-likeness (QED) is 0.628. The fraction of sp³-hybridized carbons (Fsp3) is 0.588. The Morgan fingerprint density at radius 3 is 2.39 bits per heavy atom. The summed E-state index contributed by atoms with van der Waals surface area (Å²) in [6, 6.07) is 3.62. The van der Waals surface area contributed by atoms with E-state index in [-0.39, 0.29) is 11.8 Å². The molecule has 1 aromatic carbocycles. The van der Waals surface area contributed by atoms with Crippen molar-refractivity contribution in [2.75, 3.05) is 18.8 Å². The third-order valence-electron chi connectivity index (χ3n) is 4.45. The van der Waals surface area contributed by atoms with Gasteiger partial charge < -0.3 is 4.90 Å². The smallest absolute Gasteiger partial charge is 0.244 e. The van der Waals surface area contributed by atoms with Crippen molar-refractivity contribution in [3.05, 3.63) is 30.1 Å². The predicted octanol–water partition coefficient (Wildman–Crippen LogP) is 0.813. The van der Waals surface area contributed by atoms with Crippen LogP contribution in [0, 0.1) is 5.82 Å². The zero-order chi connectivity index (χ0) is 20.9. The van der Waals surface area contributed by atoms with E-state index in [1.807, 2.05) is 0 Å². The highest BCUT2D eigenvalue weighted by molar-refractivity contribution is 7.89. The summed E-state index contributed by atoms with van der Waals surface area (Å²) in [6.45, 7) is 3.80. The van der Waals surface area contributed by atoms with Gasteiger partial charge >= 0.3 is 0 Å². The van der Waals surface area contributed by atoms with E-state index in [2.05, 4.69) is 9.44 Å². The number of nitrogens with one attached hydrogen (secondary N) is 2. The van der Waals surface area contributed by atoms with Gasteiger partial charge in [-0.15, -0.1) is 0 Å². The molecule has 0 aromatic heterocycles. The zero-order valence-corrected chi connectivity index (χ0v) is 17.5. The van der Waals surface area contributed by atoms with Crippen molar-refractivity contribution >= 4 is 26.0 Å². The van der Waals surface area contributed by atoms with Gasteiger partial charge in [-0.25, -0.2) is 25.9 Å². The molecule has 158 valence electrons. The molecule has 1 saturated heterocycles. The number of benzene rings is 1. The summed E-state index contributed by atoms with van der Waals surface area (Å²) in [6.07, 6.45) is 1.41. The minimum absolute atomic E-state index is 0.0566. The lowest BCUT2D eigenvalue weighted by Crippen LogP contribution is -2.52. The summed E-state index contributed by atoms with van der Waals surface area (Å²) in [5, 5.41) is 0. The number of sulfonamides is 2. The number of halogens is 1. The maximum absolute atomic E-state index is 13.8. The minimum atomic E-state index is -4.18. The first kappa shape index (κ1) is 22.7. The largest absolute Gasteiger partial charge is 0.341 e. The van der Waals surface area contributed by atoms with Gasteiger partial charge in [-0.05, 0) is 38.3 Å². The van der Waals surface area contributed by atoms with Gasteiger partial charge in [0, 0.05) is 19.1 Å². The molecule has 1 aliphatic rings. The van der Waals surface area contributed by atoms with Crippen LogP contribution in [0.4, 0.5) is 4.39 Å². The second kappa shape index (κ2) is 9.29. The normalized spacial score (nSPS) is 17.5. The molecule has 0 aliphatic carbocycles. The number of piperidine rings is 1. The molecule has 1 atom stereocenters. The van der Waals surface area contributed by atoms with Crippen molar-refractivity contribution in [2.45, 2.75) is 50.1 Å². The Balaban J connectivity index is 1.93. The van der Waals surface area contributed by atoms with Crippen LogP contribution in [-0.2, 0) is 24.8 Å². The molecule has 0 radical (unpaired) electrons. The monoisotopic (exact) mass is 435 g/mol. The maximum atomic E-state index is 13.8. The molecule has 8 nitrogen and oxygen atoms in total. The van der Waals surface area contributed by atoms with Gasteiger partial charge in [0.15, 0.2) is 0 Å². The summed E-state index contributed by atoms with van der Waals surface area (Å²) in [7, 11) is -7.50. The molecule has 0 unspecified atom stereocenters. The summed E-state index contributed by atoms with van der Waals surface area (Å²) >= 11 is 0. The minimum Gasteiger partial charge on any atom is -0.341 e. The van der Waals surface area contributed by atoms with Gasteiger partial charge in [0.1, 0.15) is 10.7 Å². The summed E-state index contributed by atoms with van der Waals surface area (Å²) < 4.78 is 66.9. The molecule has 11 heteroatoms. The van der Waals surface area contributed by atoms with Crippen molar-refractivity contribution in [3.63, 3.8) is 0 Å². The fourth-order valence-electron chi connectivity index (χ4n) is 3.08. The highest BCUT2D eigenvalue weighted by atomic mass is 32.2. The summed E-state index contributed by atoms with van der Waals surface area (Å²) in [5.74, 6) is -1.27. The van der Waals surface area contributed by atoms with E-state index in [1.54, 1.807) is 6.92 Å². The van der Waals surface area contributed by atoms with Crippen molar-refractivity contribution in [2.24, 2.45) is 0 Å². The second-order valence-electron chi connectivity index (χ2n) is 6.81. The number of hydrogen-bond donors (Lipinski definition) is 2. The van der Waals surface area contributed by atoms with Crippen LogP contribution in [0.2, 0.25) is 0 Å². The highest BCUT2D eigenvalue weighted by Gasteiger charge is 2.30. The van der Waals surface area contributed by atoms with E-state index in [0.717, 1.165) is 12.1 Å². The molecule has 2 rings (SSSR count). The first-order chi connectivity index (χ1) is 13.1. The van der Waals surface area contributed by atoms with Crippen LogP contribution in [0.1, 0.15) is 33.1 Å². The van der Waals surface area contributed by atoms with Crippen LogP contribution < -0.4 is 9.44 Å². The van der Waals surface area contributed by atoms with Crippen LogP contribution in [0.15, 0.2) is 29.2 Å². The first-order valence-electron chi connectivity index (χ1n) is 9.11. The summed E-state index contributed by atoms with van der Waals surface area (Å²) in [4.78, 5) is 13.5. The van der Waals surface area contributed by atoms with Gasteiger partial charge in [-0.3, -0.25) is 4.79 Å². The topological polar surface area (TPSA) is 113 Å². The standard InChI is InChI=1S/C17H26FN3O5S2/c1-3-12-27(23,24)20-14-8-10-21(11-9-14)17(22)13(2)19-28(25,26)16-7-5-4-6-15(16)18/h4-7,13-14,19-20H,3,8-12H2,1-2H3/t13-/m0/s1. The van der Waals surface area contributed by atoms with Crippen LogP contribution in [0.3, 0.4) is 0 Å². The molecule has 28 heavy (non-hydrogen) atoms. The van der Waals surface area contributed by atoms with Crippen LogP contribution in [0.25, 0.3) is 0 Å². The van der Waals surface area contributed by atoms with Crippen LogP contribution in [-0.4, -0.2) is 58.6 Å². The van der Waals surface area contributed by atoms with Crippen molar-refractivity contribution in [3.8, 4) is 0 Å². The lowest BCUT2D eigenvalue weighted by molar-refractivity contribution is -0.133. The first-order valence-corrected chi connectivity index (χ1v) is 12.2. The Labute approximate surface area is 165 Å². The number of nitrogens with zero attached hydrogens (tertiary/aromatic N) is 1. The molecular formula is C17H26FN3O5S2. The number of rotatable bonds is 8. The number of amides is 1. The van der Waals surface area contributed by atoms with Gasteiger partial charge in [0.05, 0.1) is 11.8 Å². The Morgan fingerprint density at radius 1 is 1.21 bits per heavy atom. The zero-order valence-electron chi connectivity index (χ0n) is 15.9. The van der Waals surface area contributed by atoms with E-state index >= 15 is 0 Å². The molecule has 1 fully saturated rings. The van der Waals surface area contributed by atoms with E-state index < -0.39 is 42.7 Å². The lowest BCUT2D eigenvalue weighted by Gasteiger charge is -2.33. The van der Waals surface area contributed by atoms with E-state index in [0.29, 0.717) is 32.4 Å². The number of hydrogen-bond acceptors (Lipinski definition) is 5. The third kappa shape index (κ3) is 5.97. The Hall–Kier alpha value is -1.56. The second-order valence-corrected chi connectivity index (χ2v) is 10.4. The molecule has 0 spiro atoms. The average Bonchev–Trinajstić information content (AvgIpc) is 2.61. The molecular weight excluding hydrogens is 409 g/mol. The molecule has 0 bridgehead atoms. The Bertz CT molecular complexity index is 897. The fourth-order valence-corrected chi connectivity index (χ4v) is 5.76. The molecule has 2 N–H and O–H groups in total. The third-order valence-corrected chi connectivity index (χ3v) is 7.67. The van der Waals surface area contributed by atoms with E-state index in [1.165, 1.54) is 24.0 Å². The number of carbonyl (C=O) groups is 1. The van der Waals surface area contributed by atoms with Gasteiger partial charge in [-0.1, -0.05) is 19.1 Å². The Morgan fingerprint density at radius 2 is 1.82 bits per heavy atom. The van der Waals surface area contributed by atoms with Gasteiger partial charge in [0.2, 0.25) is 26.0 Å². The Kier molecular flexibility index (Phi) is 7.54. The predicted molar refractivity (Wildman–Crippen MR) is 103 cm³/mol.